The molecule has 0 radical (unpaired) electrons. The zero-order chi connectivity index (χ0) is 17.2. The van der Waals surface area contributed by atoms with Gasteiger partial charge in [0.25, 0.3) is 0 Å². The van der Waals surface area contributed by atoms with Gasteiger partial charge in [0.1, 0.15) is 0 Å². The van der Waals surface area contributed by atoms with Gasteiger partial charge >= 0.3 is 0 Å². The Labute approximate surface area is 155 Å². The van der Waals surface area contributed by atoms with Crippen LogP contribution in [0.3, 0.4) is 0 Å². The van der Waals surface area contributed by atoms with Gasteiger partial charge in [-0.15, -0.1) is 11.8 Å². The summed E-state index contributed by atoms with van der Waals surface area (Å²) in [5, 5.41) is 0. The molecule has 0 N–H and O–H groups in total. The van der Waals surface area contributed by atoms with Crippen molar-refractivity contribution in [2.24, 2.45) is 0 Å². The van der Waals surface area contributed by atoms with E-state index in [2.05, 4.69) is 20.8 Å². The Morgan fingerprint density at radius 3 is 2.62 bits per heavy atom. The van der Waals surface area contributed by atoms with Crippen LogP contribution in [0.25, 0.3) is 0 Å². The second-order valence-electron chi connectivity index (χ2n) is 6.22. The van der Waals surface area contributed by atoms with E-state index in [-0.39, 0.29) is 17.7 Å². The summed E-state index contributed by atoms with van der Waals surface area (Å²) in [6.45, 7) is 2.92. The van der Waals surface area contributed by atoms with E-state index < -0.39 is 9.84 Å². The van der Waals surface area contributed by atoms with Crippen LogP contribution >= 0.6 is 27.7 Å². The predicted octanol–water partition coefficient (Wildman–Crippen LogP) is 1.87. The third kappa shape index (κ3) is 4.74. The number of benzene rings is 1. The maximum absolute atomic E-state index is 12.4. The number of carbonyl (C=O) groups excluding carboxylic acids is 1. The van der Waals surface area contributed by atoms with Gasteiger partial charge < -0.3 is 4.90 Å². The van der Waals surface area contributed by atoms with Crippen molar-refractivity contribution in [2.75, 3.05) is 43.4 Å². The first-order chi connectivity index (χ1) is 11.4. The Hall–Kier alpha value is -0.570. The molecule has 1 aromatic carbocycles. The lowest BCUT2D eigenvalue weighted by Gasteiger charge is -2.37. The van der Waals surface area contributed by atoms with E-state index in [0.29, 0.717) is 24.6 Å². The van der Waals surface area contributed by atoms with Gasteiger partial charge in [-0.25, -0.2) is 8.42 Å². The number of hydrogen-bond acceptors (Lipinski definition) is 5. The molecule has 1 aromatic rings. The number of nitrogens with zero attached hydrogens (tertiary/aromatic N) is 2. The highest BCUT2D eigenvalue weighted by molar-refractivity contribution is 9.10. The second kappa shape index (κ2) is 7.76. The molecular weight excluding hydrogens is 412 g/mol. The minimum Gasteiger partial charge on any atom is -0.339 e. The van der Waals surface area contributed by atoms with Gasteiger partial charge in [-0.05, 0) is 24.6 Å². The molecule has 0 spiro atoms. The summed E-state index contributed by atoms with van der Waals surface area (Å²) < 4.78 is 24.2. The van der Waals surface area contributed by atoms with Crippen molar-refractivity contribution in [1.29, 1.82) is 0 Å². The van der Waals surface area contributed by atoms with Crippen LogP contribution in [-0.2, 0) is 14.6 Å². The van der Waals surface area contributed by atoms with E-state index in [0.717, 1.165) is 28.9 Å². The Kier molecular flexibility index (Phi) is 5.89. The molecule has 1 amide bonds. The molecular formula is C16H21BrN2O3S2. The number of halogens is 1. The summed E-state index contributed by atoms with van der Waals surface area (Å²) in [5.41, 5.74) is 0. The van der Waals surface area contributed by atoms with E-state index in [1.165, 1.54) is 0 Å². The summed E-state index contributed by atoms with van der Waals surface area (Å²) >= 11 is 4.98. The minimum atomic E-state index is -2.85. The molecule has 0 aromatic heterocycles. The number of sulfone groups is 1. The van der Waals surface area contributed by atoms with E-state index in [1.54, 1.807) is 11.8 Å². The fraction of sp³-hybridized carbons (Fsp3) is 0.562. The van der Waals surface area contributed by atoms with Gasteiger partial charge in [-0.2, -0.15) is 0 Å². The van der Waals surface area contributed by atoms with Crippen LogP contribution in [0.1, 0.15) is 6.42 Å². The van der Waals surface area contributed by atoms with E-state index in [9.17, 15) is 13.2 Å². The van der Waals surface area contributed by atoms with Crippen molar-refractivity contribution < 1.29 is 13.2 Å². The van der Waals surface area contributed by atoms with Gasteiger partial charge in [0.2, 0.25) is 5.91 Å². The average Bonchev–Trinajstić information content (AvgIpc) is 2.93. The zero-order valence-electron chi connectivity index (χ0n) is 13.4. The lowest BCUT2D eigenvalue weighted by molar-refractivity contribution is -0.130. The summed E-state index contributed by atoms with van der Waals surface area (Å²) in [5.74, 6) is 1.17. The molecule has 2 saturated heterocycles. The van der Waals surface area contributed by atoms with Crippen molar-refractivity contribution in [1.82, 2.24) is 9.80 Å². The normalized spacial score (nSPS) is 24.2. The number of hydrogen-bond donors (Lipinski definition) is 0. The second-order valence-corrected chi connectivity index (χ2v) is 10.4. The topological polar surface area (TPSA) is 57.7 Å². The Morgan fingerprint density at radius 1 is 1.25 bits per heavy atom. The highest BCUT2D eigenvalue weighted by Crippen LogP contribution is 2.23. The van der Waals surface area contributed by atoms with Crippen molar-refractivity contribution in [3.8, 4) is 0 Å². The molecule has 24 heavy (non-hydrogen) atoms. The lowest BCUT2D eigenvalue weighted by Crippen LogP contribution is -2.52. The average molecular weight is 433 g/mol. The smallest absolute Gasteiger partial charge is 0.233 e. The van der Waals surface area contributed by atoms with Crippen LogP contribution in [0.4, 0.5) is 0 Å². The van der Waals surface area contributed by atoms with E-state index in [1.807, 2.05) is 29.2 Å². The highest BCUT2D eigenvalue weighted by atomic mass is 79.9. The molecule has 5 nitrogen and oxygen atoms in total. The summed E-state index contributed by atoms with van der Waals surface area (Å²) in [6, 6.07) is 8.08. The quantitative estimate of drug-likeness (QED) is 0.679. The first-order valence-corrected chi connectivity index (χ1v) is 11.6. The van der Waals surface area contributed by atoms with Crippen molar-refractivity contribution in [3.63, 3.8) is 0 Å². The molecule has 2 aliphatic heterocycles. The first-order valence-electron chi connectivity index (χ1n) is 8.03. The minimum absolute atomic E-state index is 0.142. The van der Waals surface area contributed by atoms with Crippen LogP contribution < -0.4 is 0 Å². The maximum Gasteiger partial charge on any atom is 0.233 e. The third-order valence-corrected chi connectivity index (χ3v) is 7.77. The number of amides is 1. The first kappa shape index (κ1) is 18.2. The summed E-state index contributed by atoms with van der Waals surface area (Å²) in [4.78, 5) is 17.6. The van der Waals surface area contributed by atoms with E-state index >= 15 is 0 Å². The largest absolute Gasteiger partial charge is 0.339 e. The zero-order valence-corrected chi connectivity index (χ0v) is 16.6. The molecule has 3 rings (SSSR count). The van der Waals surface area contributed by atoms with E-state index in [4.69, 9.17) is 0 Å². The number of piperazine rings is 1. The van der Waals surface area contributed by atoms with Gasteiger partial charge in [-0.1, -0.05) is 22.0 Å². The SMILES string of the molecule is O=C(CSc1cccc(Br)c1)N1CCN(C2CCS(=O)(=O)C2)CC1. The van der Waals surface area contributed by atoms with Crippen LogP contribution in [-0.4, -0.2) is 73.6 Å². The molecule has 2 aliphatic rings. The molecule has 2 heterocycles. The number of thioether (sulfide) groups is 1. The number of carbonyl (C=O) groups is 1. The monoisotopic (exact) mass is 432 g/mol. The van der Waals surface area contributed by atoms with Crippen LogP contribution in [0.2, 0.25) is 0 Å². The molecule has 1 atom stereocenters. The molecule has 8 heteroatoms. The molecule has 1 unspecified atom stereocenters. The lowest BCUT2D eigenvalue weighted by atomic mass is 10.2. The van der Waals surface area contributed by atoms with Crippen LogP contribution in [0, 0.1) is 0 Å². The molecule has 0 bridgehead atoms. The summed E-state index contributed by atoms with van der Waals surface area (Å²) in [6.07, 6.45) is 0.731. The summed E-state index contributed by atoms with van der Waals surface area (Å²) in [7, 11) is -2.85. The van der Waals surface area contributed by atoms with Gasteiger partial charge in [0.05, 0.1) is 17.3 Å². The predicted molar refractivity (Wildman–Crippen MR) is 100 cm³/mol. The fourth-order valence-electron chi connectivity index (χ4n) is 3.19. The van der Waals surface area contributed by atoms with Crippen LogP contribution in [0.15, 0.2) is 33.6 Å². The third-order valence-electron chi connectivity index (χ3n) is 4.55. The van der Waals surface area contributed by atoms with Crippen LogP contribution in [0.5, 0.6) is 0 Å². The van der Waals surface area contributed by atoms with Crippen molar-refractivity contribution in [3.05, 3.63) is 28.7 Å². The Balaban J connectivity index is 1.45. The van der Waals surface area contributed by atoms with Gasteiger partial charge in [0.15, 0.2) is 9.84 Å². The maximum atomic E-state index is 12.4. The molecule has 0 saturated carbocycles. The number of rotatable bonds is 4. The fourth-order valence-corrected chi connectivity index (χ4v) is 6.36. The van der Waals surface area contributed by atoms with Gasteiger partial charge in [0, 0.05) is 41.6 Å². The Morgan fingerprint density at radius 2 is 2.00 bits per heavy atom. The molecule has 132 valence electrons. The van der Waals surface area contributed by atoms with Crippen molar-refractivity contribution in [2.45, 2.75) is 17.4 Å². The molecule has 2 fully saturated rings. The highest BCUT2D eigenvalue weighted by Gasteiger charge is 2.34. The molecule has 0 aliphatic carbocycles. The van der Waals surface area contributed by atoms with Crippen molar-refractivity contribution >= 4 is 43.4 Å². The standard InChI is InChI=1S/C16H21BrN2O3S2/c17-13-2-1-3-15(10-13)23-11-16(20)19-7-5-18(6-8-19)14-4-9-24(21,22)12-14/h1-3,10,14H,4-9,11-12H2. The van der Waals surface area contributed by atoms with Gasteiger partial charge in [-0.3, -0.25) is 9.69 Å². The Bertz CT molecular complexity index is 703.